The molecule has 4 N–H and O–H groups in total. The van der Waals surface area contributed by atoms with Crippen LogP contribution >= 0.6 is 0 Å². The van der Waals surface area contributed by atoms with Crippen LogP contribution in [0.15, 0.2) is 42.5 Å². The molecule has 0 aliphatic carbocycles. The Balaban J connectivity index is 1.85. The summed E-state index contributed by atoms with van der Waals surface area (Å²) in [6.45, 7) is 8.42. The fraction of sp³-hybridized carbons (Fsp3) is 0.409. The predicted octanol–water partition coefficient (Wildman–Crippen LogP) is 3.97. The molecule has 0 saturated carbocycles. The molecular weight excluding hydrogens is 338 g/mol. The first-order valence-corrected chi connectivity index (χ1v) is 9.70. The smallest absolute Gasteiger partial charge is 0.193 e. The van der Waals surface area contributed by atoms with E-state index in [1.807, 2.05) is 12.1 Å². The van der Waals surface area contributed by atoms with Gasteiger partial charge in [-0.3, -0.25) is 4.79 Å². The van der Waals surface area contributed by atoms with Crippen LogP contribution in [0.2, 0.25) is 0 Å². The lowest BCUT2D eigenvalue weighted by Crippen LogP contribution is -2.27. The Labute approximate surface area is 162 Å². The number of anilines is 2. The first-order valence-electron chi connectivity index (χ1n) is 9.70. The van der Waals surface area contributed by atoms with Crippen molar-refractivity contribution in [1.82, 2.24) is 4.90 Å². The van der Waals surface area contributed by atoms with E-state index in [2.05, 4.69) is 18.7 Å². The van der Waals surface area contributed by atoms with Crippen LogP contribution in [-0.2, 0) is 0 Å². The van der Waals surface area contributed by atoms with Crippen LogP contribution in [0, 0.1) is 0 Å². The summed E-state index contributed by atoms with van der Waals surface area (Å²) in [5, 5.41) is 0. The van der Waals surface area contributed by atoms with Gasteiger partial charge in [0.2, 0.25) is 0 Å². The maximum absolute atomic E-state index is 12.5. The van der Waals surface area contributed by atoms with Crippen molar-refractivity contribution in [2.45, 2.75) is 33.1 Å². The third-order valence-electron chi connectivity index (χ3n) is 4.43. The molecule has 0 aliphatic heterocycles. The van der Waals surface area contributed by atoms with Gasteiger partial charge in [0.15, 0.2) is 5.78 Å². The lowest BCUT2D eigenvalue weighted by Gasteiger charge is -2.20. The topological polar surface area (TPSA) is 81.6 Å². The molecule has 2 aromatic rings. The molecule has 0 unspecified atom stereocenters. The van der Waals surface area contributed by atoms with Gasteiger partial charge in [-0.15, -0.1) is 0 Å². The molecule has 0 heterocycles. The van der Waals surface area contributed by atoms with Crippen LogP contribution in [0.3, 0.4) is 0 Å². The first-order chi connectivity index (χ1) is 13.0. The highest BCUT2D eigenvalue weighted by Crippen LogP contribution is 2.20. The third kappa shape index (κ3) is 6.29. The Morgan fingerprint density at radius 2 is 1.52 bits per heavy atom. The second-order valence-electron chi connectivity index (χ2n) is 6.74. The zero-order valence-electron chi connectivity index (χ0n) is 16.4. The summed E-state index contributed by atoms with van der Waals surface area (Å²) in [7, 11) is 0. The van der Waals surface area contributed by atoms with Crippen molar-refractivity contribution >= 4 is 17.2 Å². The Bertz CT molecular complexity index is 723. The van der Waals surface area contributed by atoms with E-state index in [9.17, 15) is 4.79 Å². The highest BCUT2D eigenvalue weighted by Gasteiger charge is 2.10. The number of ketones is 1. The molecule has 5 nitrogen and oxygen atoms in total. The molecule has 0 spiro atoms. The van der Waals surface area contributed by atoms with Crippen molar-refractivity contribution in [2.24, 2.45) is 0 Å². The van der Waals surface area contributed by atoms with Crippen LogP contribution in [0.25, 0.3) is 0 Å². The second-order valence-corrected chi connectivity index (χ2v) is 6.74. The minimum atomic E-state index is -0.0805. The van der Waals surface area contributed by atoms with Gasteiger partial charge < -0.3 is 21.1 Å². The first kappa shape index (κ1) is 20.8. The highest BCUT2D eigenvalue weighted by atomic mass is 16.5. The molecular formula is C22H31N3O2. The summed E-state index contributed by atoms with van der Waals surface area (Å²) in [5.74, 6) is 0.698. The molecule has 0 aliphatic rings. The number of hydrogen-bond acceptors (Lipinski definition) is 5. The molecule has 0 aromatic heterocycles. The zero-order valence-corrected chi connectivity index (χ0v) is 16.4. The van der Waals surface area contributed by atoms with Crippen LogP contribution < -0.4 is 16.2 Å². The van der Waals surface area contributed by atoms with E-state index in [0.29, 0.717) is 29.1 Å². The summed E-state index contributed by atoms with van der Waals surface area (Å²) >= 11 is 0. The van der Waals surface area contributed by atoms with Gasteiger partial charge in [-0.1, -0.05) is 13.8 Å². The van der Waals surface area contributed by atoms with E-state index in [0.717, 1.165) is 31.8 Å². The largest absolute Gasteiger partial charge is 0.494 e. The zero-order chi connectivity index (χ0) is 19.6. The number of nitrogens with zero attached hydrogens (tertiary/aromatic N) is 1. The van der Waals surface area contributed by atoms with Crippen molar-refractivity contribution in [3.63, 3.8) is 0 Å². The number of nitrogens with two attached hydrogens (primary N) is 2. The van der Waals surface area contributed by atoms with E-state index in [-0.39, 0.29) is 5.78 Å². The molecule has 0 amide bonds. The highest BCUT2D eigenvalue weighted by molar-refractivity contribution is 6.09. The number of carbonyl (C=O) groups excluding carboxylic acids is 1. The van der Waals surface area contributed by atoms with Gasteiger partial charge in [0.05, 0.1) is 18.0 Å². The molecule has 5 heteroatoms. The monoisotopic (exact) mass is 369 g/mol. The Morgan fingerprint density at radius 3 is 2.11 bits per heavy atom. The SMILES string of the molecule is CCCN(CCC)CCCOc1ccc(C(=O)c2ccc(N)c(N)c2)cc1. The average Bonchev–Trinajstić information content (AvgIpc) is 2.67. The maximum atomic E-state index is 12.5. The minimum Gasteiger partial charge on any atom is -0.494 e. The summed E-state index contributed by atoms with van der Waals surface area (Å²) in [6, 6.07) is 12.2. The molecule has 27 heavy (non-hydrogen) atoms. The predicted molar refractivity (Wildman–Crippen MR) is 112 cm³/mol. The molecule has 0 bridgehead atoms. The Morgan fingerprint density at radius 1 is 0.889 bits per heavy atom. The lowest BCUT2D eigenvalue weighted by molar-refractivity contribution is 0.103. The lowest BCUT2D eigenvalue weighted by atomic mass is 10.0. The number of benzene rings is 2. The van der Waals surface area contributed by atoms with Gasteiger partial charge >= 0.3 is 0 Å². The molecule has 2 aromatic carbocycles. The van der Waals surface area contributed by atoms with Gasteiger partial charge in [0, 0.05) is 17.7 Å². The number of nitrogen functional groups attached to an aromatic ring is 2. The number of hydrogen-bond donors (Lipinski definition) is 2. The molecule has 0 atom stereocenters. The molecule has 0 fully saturated rings. The normalized spacial score (nSPS) is 10.9. The van der Waals surface area contributed by atoms with Crippen LogP contribution in [0.4, 0.5) is 11.4 Å². The van der Waals surface area contributed by atoms with Crippen LogP contribution in [0.5, 0.6) is 5.75 Å². The van der Waals surface area contributed by atoms with Crippen LogP contribution in [-0.4, -0.2) is 36.9 Å². The second kappa shape index (κ2) is 10.6. The summed E-state index contributed by atoms with van der Waals surface area (Å²) in [4.78, 5) is 15.0. The van der Waals surface area contributed by atoms with E-state index in [4.69, 9.17) is 16.2 Å². The van der Waals surface area contributed by atoms with Gasteiger partial charge in [-0.05, 0) is 74.8 Å². The minimum absolute atomic E-state index is 0.0805. The third-order valence-corrected chi connectivity index (χ3v) is 4.43. The van der Waals surface area contributed by atoms with Crippen molar-refractivity contribution < 1.29 is 9.53 Å². The summed E-state index contributed by atoms with van der Waals surface area (Å²) < 4.78 is 5.81. The van der Waals surface area contributed by atoms with Crippen LogP contribution in [0.1, 0.15) is 49.0 Å². The quantitative estimate of drug-likeness (QED) is 0.356. The van der Waals surface area contributed by atoms with Gasteiger partial charge in [-0.25, -0.2) is 0 Å². The van der Waals surface area contributed by atoms with E-state index in [1.165, 1.54) is 12.8 Å². The van der Waals surface area contributed by atoms with E-state index < -0.39 is 0 Å². The number of carbonyl (C=O) groups is 1. The summed E-state index contributed by atoms with van der Waals surface area (Å²) in [6.07, 6.45) is 3.34. The fourth-order valence-corrected chi connectivity index (χ4v) is 3.03. The molecule has 0 radical (unpaired) electrons. The summed E-state index contributed by atoms with van der Waals surface area (Å²) in [5.41, 5.74) is 13.5. The van der Waals surface area contributed by atoms with Crippen molar-refractivity contribution in [3.8, 4) is 5.75 Å². The average molecular weight is 370 g/mol. The van der Waals surface area contributed by atoms with Crippen molar-refractivity contribution in [2.75, 3.05) is 37.7 Å². The maximum Gasteiger partial charge on any atom is 0.193 e. The van der Waals surface area contributed by atoms with Crippen molar-refractivity contribution in [1.29, 1.82) is 0 Å². The van der Waals surface area contributed by atoms with E-state index in [1.54, 1.807) is 30.3 Å². The number of ether oxygens (including phenoxy) is 1. The molecule has 2 rings (SSSR count). The van der Waals surface area contributed by atoms with Crippen molar-refractivity contribution in [3.05, 3.63) is 53.6 Å². The van der Waals surface area contributed by atoms with Gasteiger partial charge in [0.1, 0.15) is 5.75 Å². The number of rotatable bonds is 11. The fourth-order valence-electron chi connectivity index (χ4n) is 3.03. The Kier molecular flexibility index (Phi) is 8.14. The molecule has 146 valence electrons. The van der Waals surface area contributed by atoms with E-state index >= 15 is 0 Å². The molecule has 0 saturated heterocycles. The van der Waals surface area contributed by atoms with Gasteiger partial charge in [-0.2, -0.15) is 0 Å². The standard InChI is InChI=1S/C22H31N3O2/c1-3-12-25(13-4-2)14-5-15-27-19-9-6-17(7-10-19)22(26)18-8-11-20(23)21(24)16-18/h6-11,16H,3-5,12-15,23-24H2,1-2H3. The Hall–Kier alpha value is -2.53. The van der Waals surface area contributed by atoms with Gasteiger partial charge in [0.25, 0.3) is 0 Å².